The minimum atomic E-state index is 0. The molecule has 3 aromatic carbocycles. The maximum atomic E-state index is 2.17. The minimum absolute atomic E-state index is 0. The van der Waals surface area contributed by atoms with Crippen LogP contribution in [0.15, 0.2) is 78.9 Å². The Bertz CT molecular complexity index is 603. The molecule has 0 unspecified atom stereocenters. The summed E-state index contributed by atoms with van der Waals surface area (Å²) in [5, 5.41) is 0. The van der Waals surface area contributed by atoms with Gasteiger partial charge in [-0.05, 0) is 31.9 Å². The second-order valence-corrected chi connectivity index (χ2v) is 5.39. The van der Waals surface area contributed by atoms with Crippen LogP contribution in [-0.4, -0.2) is 0 Å². The predicted molar refractivity (Wildman–Crippen MR) is 111 cm³/mol. The number of rotatable bonds is 1. The van der Waals surface area contributed by atoms with Crippen molar-refractivity contribution in [3.05, 3.63) is 95.6 Å². The van der Waals surface area contributed by atoms with Crippen LogP contribution in [0.4, 0.5) is 0 Å². The first-order valence-corrected chi connectivity index (χ1v) is 8.30. The molecule has 0 amide bonds. The third-order valence-electron chi connectivity index (χ3n) is 3.38. The zero-order valence-electron chi connectivity index (χ0n) is 15.0. The van der Waals surface area contributed by atoms with Crippen LogP contribution in [0, 0.1) is 20.8 Å². The van der Waals surface area contributed by atoms with Crippen molar-refractivity contribution in [2.75, 3.05) is 0 Å². The van der Waals surface area contributed by atoms with Crippen molar-refractivity contribution in [1.29, 1.82) is 0 Å². The van der Waals surface area contributed by atoms with Crippen LogP contribution in [0.5, 0.6) is 0 Å². The van der Waals surface area contributed by atoms with Gasteiger partial charge in [-0.1, -0.05) is 117 Å². The van der Waals surface area contributed by atoms with E-state index in [0.29, 0.717) is 0 Å². The zero-order chi connectivity index (χ0) is 17.1. The first-order valence-electron chi connectivity index (χ1n) is 8.30. The van der Waals surface area contributed by atoms with Crippen molar-refractivity contribution in [2.24, 2.45) is 0 Å². The molecule has 0 aliphatic carbocycles. The molecule has 0 radical (unpaired) electrons. The summed E-state index contributed by atoms with van der Waals surface area (Å²) < 4.78 is 0. The van der Waals surface area contributed by atoms with Crippen molar-refractivity contribution in [3.63, 3.8) is 0 Å². The van der Waals surface area contributed by atoms with Gasteiger partial charge >= 0.3 is 0 Å². The first kappa shape index (κ1) is 21.7. The summed E-state index contributed by atoms with van der Waals surface area (Å²) in [4.78, 5) is 0. The van der Waals surface area contributed by atoms with Gasteiger partial charge in [0.05, 0.1) is 0 Å². The van der Waals surface area contributed by atoms with E-state index in [1.165, 1.54) is 27.8 Å². The fourth-order valence-corrected chi connectivity index (χ4v) is 2.03. The van der Waals surface area contributed by atoms with E-state index in [2.05, 4.69) is 81.4 Å². The third kappa shape index (κ3) is 7.78. The number of benzene rings is 3. The van der Waals surface area contributed by atoms with Gasteiger partial charge in [-0.25, -0.2) is 0 Å². The van der Waals surface area contributed by atoms with Gasteiger partial charge in [0.25, 0.3) is 0 Å². The Morgan fingerprint density at radius 1 is 0.417 bits per heavy atom. The molecule has 24 heavy (non-hydrogen) atoms. The SMILES string of the molecule is C.CC.Cc1ccc(-c2ccc(C)cc2)cc1.Cc1ccccc1. The molecule has 3 aromatic rings. The molecule has 0 N–H and O–H groups in total. The largest absolute Gasteiger partial charge is 0.0776 e. The fourth-order valence-electron chi connectivity index (χ4n) is 2.03. The van der Waals surface area contributed by atoms with Crippen LogP contribution >= 0.6 is 0 Å². The van der Waals surface area contributed by atoms with Crippen molar-refractivity contribution >= 4 is 0 Å². The summed E-state index contributed by atoms with van der Waals surface area (Å²) in [6.07, 6.45) is 0. The Kier molecular flexibility index (Phi) is 10.9. The van der Waals surface area contributed by atoms with E-state index in [4.69, 9.17) is 0 Å². The molecular weight excluding hydrogens is 288 g/mol. The molecule has 0 aliphatic heterocycles. The highest BCUT2D eigenvalue weighted by molar-refractivity contribution is 5.63. The van der Waals surface area contributed by atoms with Crippen LogP contribution < -0.4 is 0 Å². The summed E-state index contributed by atoms with van der Waals surface area (Å²) in [7, 11) is 0. The average Bonchev–Trinajstić information content (AvgIpc) is 2.60. The average molecular weight is 321 g/mol. The molecule has 0 nitrogen and oxygen atoms in total. The Morgan fingerprint density at radius 2 is 0.708 bits per heavy atom. The van der Waals surface area contributed by atoms with E-state index in [1.54, 1.807) is 0 Å². The van der Waals surface area contributed by atoms with Crippen molar-refractivity contribution in [3.8, 4) is 11.1 Å². The van der Waals surface area contributed by atoms with E-state index in [-0.39, 0.29) is 7.43 Å². The number of hydrogen-bond donors (Lipinski definition) is 0. The molecule has 3 rings (SSSR count). The number of hydrogen-bond acceptors (Lipinski definition) is 0. The normalized spacial score (nSPS) is 8.71. The molecule has 0 aliphatic rings. The Hall–Kier alpha value is -2.34. The van der Waals surface area contributed by atoms with Crippen LogP contribution in [-0.2, 0) is 0 Å². The monoisotopic (exact) mass is 320 g/mol. The Morgan fingerprint density at radius 3 is 0.958 bits per heavy atom. The lowest BCUT2D eigenvalue weighted by Crippen LogP contribution is -1.78. The third-order valence-corrected chi connectivity index (χ3v) is 3.38. The summed E-state index contributed by atoms with van der Waals surface area (Å²) >= 11 is 0. The molecule has 0 spiro atoms. The highest BCUT2D eigenvalue weighted by Crippen LogP contribution is 2.19. The summed E-state index contributed by atoms with van der Waals surface area (Å²) in [6, 6.07) is 27.5. The lowest BCUT2D eigenvalue weighted by molar-refractivity contribution is 1.45. The van der Waals surface area contributed by atoms with Gasteiger partial charge in [0.15, 0.2) is 0 Å². The summed E-state index contributed by atoms with van der Waals surface area (Å²) in [5.74, 6) is 0. The molecule has 0 aromatic heterocycles. The highest BCUT2D eigenvalue weighted by Gasteiger charge is 1.95. The quantitative estimate of drug-likeness (QED) is 0.432. The second-order valence-electron chi connectivity index (χ2n) is 5.39. The number of aryl methyl sites for hydroxylation is 3. The van der Waals surface area contributed by atoms with Crippen LogP contribution in [0.1, 0.15) is 38.0 Å². The second kappa shape index (κ2) is 12.1. The molecule has 0 fully saturated rings. The molecule has 0 saturated heterocycles. The van der Waals surface area contributed by atoms with Gasteiger partial charge in [-0.3, -0.25) is 0 Å². The van der Waals surface area contributed by atoms with Gasteiger partial charge in [-0.15, -0.1) is 0 Å². The Labute approximate surface area is 149 Å². The van der Waals surface area contributed by atoms with Crippen molar-refractivity contribution in [1.82, 2.24) is 0 Å². The van der Waals surface area contributed by atoms with E-state index in [9.17, 15) is 0 Å². The lowest BCUT2D eigenvalue weighted by Gasteiger charge is -2.02. The van der Waals surface area contributed by atoms with Crippen LogP contribution in [0.25, 0.3) is 11.1 Å². The molecular formula is C24H32. The molecule has 128 valence electrons. The topological polar surface area (TPSA) is 0 Å². The molecule has 0 bridgehead atoms. The standard InChI is InChI=1S/C14H14.C7H8.C2H6.CH4/c1-11-3-7-13(8-4-11)14-9-5-12(2)6-10-14;1-7-5-3-2-4-6-7;1-2;/h3-10H,1-2H3;2-6H,1H3;1-2H3;1H4. The minimum Gasteiger partial charge on any atom is -0.0776 e. The predicted octanol–water partition coefficient (Wildman–Crippen LogP) is 7.63. The van der Waals surface area contributed by atoms with Gasteiger partial charge in [0, 0.05) is 0 Å². The van der Waals surface area contributed by atoms with Gasteiger partial charge in [0.1, 0.15) is 0 Å². The van der Waals surface area contributed by atoms with Crippen LogP contribution in [0.2, 0.25) is 0 Å². The zero-order valence-corrected chi connectivity index (χ0v) is 15.0. The molecule has 0 heterocycles. The summed E-state index contributed by atoms with van der Waals surface area (Å²) in [6.45, 7) is 10.3. The highest BCUT2D eigenvalue weighted by atomic mass is 14.0. The van der Waals surface area contributed by atoms with E-state index < -0.39 is 0 Å². The van der Waals surface area contributed by atoms with E-state index >= 15 is 0 Å². The van der Waals surface area contributed by atoms with E-state index in [0.717, 1.165) is 0 Å². The first-order chi connectivity index (χ1) is 11.1. The maximum Gasteiger partial charge on any atom is -0.0184 e. The van der Waals surface area contributed by atoms with E-state index in [1.807, 2.05) is 32.0 Å². The summed E-state index contributed by atoms with van der Waals surface area (Å²) in [5.41, 5.74) is 6.51. The van der Waals surface area contributed by atoms with Crippen molar-refractivity contribution < 1.29 is 0 Å². The smallest absolute Gasteiger partial charge is 0.0184 e. The molecule has 0 saturated carbocycles. The Balaban J connectivity index is 0.000000450. The fraction of sp³-hybridized carbons (Fsp3) is 0.250. The van der Waals surface area contributed by atoms with Crippen molar-refractivity contribution in [2.45, 2.75) is 42.0 Å². The lowest BCUT2D eigenvalue weighted by atomic mass is 10.0. The van der Waals surface area contributed by atoms with Gasteiger partial charge < -0.3 is 0 Å². The molecule has 0 heteroatoms. The van der Waals surface area contributed by atoms with Gasteiger partial charge in [-0.2, -0.15) is 0 Å². The molecule has 0 atom stereocenters. The van der Waals surface area contributed by atoms with Crippen LogP contribution in [0.3, 0.4) is 0 Å². The van der Waals surface area contributed by atoms with Gasteiger partial charge in [0.2, 0.25) is 0 Å². The maximum absolute atomic E-state index is 2.17.